The van der Waals surface area contributed by atoms with Crippen molar-refractivity contribution in [1.29, 1.82) is 5.26 Å². The molecule has 0 fully saturated rings. The molecule has 2 N–H and O–H groups in total. The summed E-state index contributed by atoms with van der Waals surface area (Å²) in [5, 5.41) is 18.8. The summed E-state index contributed by atoms with van der Waals surface area (Å²) in [6.45, 7) is 4.85. The fourth-order valence-corrected chi connectivity index (χ4v) is 4.72. The maximum absolute atomic E-state index is 14.4. The van der Waals surface area contributed by atoms with Crippen molar-refractivity contribution in [2.45, 2.75) is 37.6 Å². The number of halogens is 2. The number of hydrogen-bond acceptors (Lipinski definition) is 4. The monoisotopic (exact) mass is 468 g/mol. The molecule has 2 aromatic carbocycles. The highest BCUT2D eigenvalue weighted by Crippen LogP contribution is 2.29. The summed E-state index contributed by atoms with van der Waals surface area (Å²) in [7, 11) is -4.35. The molecule has 28 heavy (non-hydrogen) atoms. The molecule has 6 nitrogen and oxygen atoms in total. The van der Waals surface area contributed by atoms with Gasteiger partial charge in [0.1, 0.15) is 17.9 Å². The Morgan fingerprint density at radius 1 is 1.29 bits per heavy atom. The summed E-state index contributed by atoms with van der Waals surface area (Å²) in [5.74, 6) is -3.05. The van der Waals surface area contributed by atoms with Gasteiger partial charge in [0.05, 0.1) is 10.5 Å². The Kier molecular flexibility index (Phi) is 6.59. The molecule has 0 heterocycles. The summed E-state index contributed by atoms with van der Waals surface area (Å²) in [4.78, 5) is 11.5. The quantitative estimate of drug-likeness (QED) is 0.672. The van der Waals surface area contributed by atoms with Gasteiger partial charge >= 0.3 is 5.97 Å². The molecule has 0 aliphatic rings. The zero-order valence-corrected chi connectivity index (χ0v) is 17.7. The number of rotatable bonds is 6. The van der Waals surface area contributed by atoms with Crippen LogP contribution in [0.1, 0.15) is 35.1 Å². The van der Waals surface area contributed by atoms with Crippen molar-refractivity contribution in [1.82, 2.24) is 4.72 Å². The average molecular weight is 469 g/mol. The molecule has 0 aliphatic carbocycles. The number of carbonyl (C=O) groups is 1. The van der Waals surface area contributed by atoms with Gasteiger partial charge in [-0.1, -0.05) is 28.9 Å². The predicted octanol–water partition coefficient (Wildman–Crippen LogP) is 3.61. The van der Waals surface area contributed by atoms with Crippen LogP contribution in [0.3, 0.4) is 0 Å². The van der Waals surface area contributed by atoms with Crippen molar-refractivity contribution in [3.8, 4) is 6.07 Å². The molecule has 2 rings (SSSR count). The van der Waals surface area contributed by atoms with E-state index < -0.39 is 33.8 Å². The number of hydrogen-bond donors (Lipinski definition) is 2. The lowest BCUT2D eigenvalue weighted by molar-refractivity contribution is -0.139. The zero-order valence-electron chi connectivity index (χ0n) is 15.3. The largest absolute Gasteiger partial charge is 0.480 e. The molecule has 0 saturated heterocycles. The Bertz CT molecular complexity index is 1080. The van der Waals surface area contributed by atoms with E-state index in [2.05, 4.69) is 20.7 Å². The topological polar surface area (TPSA) is 107 Å². The molecule has 0 bridgehead atoms. The van der Waals surface area contributed by atoms with Crippen LogP contribution in [0.5, 0.6) is 0 Å². The van der Waals surface area contributed by atoms with Crippen molar-refractivity contribution in [3.63, 3.8) is 0 Å². The fraction of sp³-hybridized carbons (Fsp3) is 0.263. The van der Waals surface area contributed by atoms with Crippen LogP contribution < -0.4 is 4.72 Å². The van der Waals surface area contributed by atoms with Crippen molar-refractivity contribution in [2.24, 2.45) is 0 Å². The van der Waals surface area contributed by atoms with Crippen LogP contribution in [0.25, 0.3) is 0 Å². The Labute approximate surface area is 171 Å². The van der Waals surface area contributed by atoms with E-state index >= 15 is 0 Å². The molecule has 0 spiro atoms. The first-order valence-corrected chi connectivity index (χ1v) is 10.5. The lowest BCUT2D eigenvalue weighted by Crippen LogP contribution is -2.44. The van der Waals surface area contributed by atoms with E-state index in [1.54, 1.807) is 26.0 Å². The fourth-order valence-electron chi connectivity index (χ4n) is 2.95. The lowest BCUT2D eigenvalue weighted by atomic mass is 9.88. The van der Waals surface area contributed by atoms with Crippen LogP contribution in [-0.4, -0.2) is 25.5 Å². The third-order valence-corrected chi connectivity index (χ3v) is 6.58. The second-order valence-electron chi connectivity index (χ2n) is 6.38. The van der Waals surface area contributed by atoms with Gasteiger partial charge in [0.15, 0.2) is 0 Å². The van der Waals surface area contributed by atoms with Gasteiger partial charge in [-0.3, -0.25) is 4.79 Å². The Hall–Kier alpha value is -2.28. The van der Waals surface area contributed by atoms with Gasteiger partial charge in [-0.15, -0.1) is 0 Å². The molecule has 148 valence electrons. The SMILES string of the molecule is Cc1ccc(F)c([C@@H](C)[C@H](NS(=O)(=O)c2ccc(Br)cc2C#N)C(=O)O)c1C. The van der Waals surface area contributed by atoms with Gasteiger partial charge < -0.3 is 5.11 Å². The van der Waals surface area contributed by atoms with Crippen LogP contribution in [-0.2, 0) is 14.8 Å². The van der Waals surface area contributed by atoms with E-state index in [-0.39, 0.29) is 16.0 Å². The van der Waals surface area contributed by atoms with Crippen LogP contribution in [0, 0.1) is 31.0 Å². The summed E-state index contributed by atoms with van der Waals surface area (Å²) < 4.78 is 42.6. The summed E-state index contributed by atoms with van der Waals surface area (Å²) in [6, 6.07) is 6.89. The zero-order chi connectivity index (χ0) is 21.2. The summed E-state index contributed by atoms with van der Waals surface area (Å²) in [5.41, 5.74) is 1.30. The van der Waals surface area contributed by atoms with Crippen molar-refractivity contribution >= 4 is 31.9 Å². The molecular formula is C19H18BrFN2O4S. The number of aryl methyl sites for hydroxylation is 1. The van der Waals surface area contributed by atoms with Crippen molar-refractivity contribution in [2.75, 3.05) is 0 Å². The number of benzene rings is 2. The van der Waals surface area contributed by atoms with E-state index in [0.29, 0.717) is 10.0 Å². The Morgan fingerprint density at radius 2 is 1.93 bits per heavy atom. The molecule has 9 heteroatoms. The van der Waals surface area contributed by atoms with Crippen LogP contribution >= 0.6 is 15.9 Å². The second kappa shape index (κ2) is 8.39. The maximum atomic E-state index is 14.4. The summed E-state index contributed by atoms with van der Waals surface area (Å²) in [6.07, 6.45) is 0. The minimum Gasteiger partial charge on any atom is -0.480 e. The molecule has 0 aliphatic heterocycles. The van der Waals surface area contributed by atoms with Crippen molar-refractivity contribution in [3.05, 3.63) is 62.9 Å². The standard InChI is InChI=1S/C19H18BrFN2O4S/c1-10-4-6-15(21)17(11(10)2)12(3)18(19(24)25)23-28(26,27)16-7-5-14(20)8-13(16)9-22/h4-8,12,18,23H,1-3H3,(H,24,25)/t12-,18+/m1/s1. The molecule has 0 unspecified atom stereocenters. The van der Waals surface area contributed by atoms with E-state index in [1.807, 2.05) is 0 Å². The first-order valence-electron chi connectivity index (χ1n) is 8.20. The number of nitrogens with zero attached hydrogens (tertiary/aromatic N) is 1. The second-order valence-corrected chi connectivity index (χ2v) is 8.98. The molecule has 0 radical (unpaired) electrons. The third kappa shape index (κ3) is 4.41. The minimum atomic E-state index is -4.35. The number of nitrogens with one attached hydrogen (secondary N) is 1. The highest BCUT2D eigenvalue weighted by Gasteiger charge is 2.34. The summed E-state index contributed by atoms with van der Waals surface area (Å²) >= 11 is 3.15. The van der Waals surface area contributed by atoms with Gasteiger partial charge in [0.2, 0.25) is 10.0 Å². The molecule has 0 saturated carbocycles. The van der Waals surface area contributed by atoms with Crippen molar-refractivity contribution < 1.29 is 22.7 Å². The van der Waals surface area contributed by atoms with Crippen LogP contribution in [0.15, 0.2) is 39.7 Å². The Balaban J connectivity index is 2.51. The normalized spacial score (nSPS) is 13.6. The van der Waals surface area contributed by atoms with E-state index in [1.165, 1.54) is 31.2 Å². The van der Waals surface area contributed by atoms with Crippen LogP contribution in [0.2, 0.25) is 0 Å². The first-order chi connectivity index (χ1) is 13.0. The number of carboxylic acid groups (broad SMARTS) is 1. The number of carboxylic acids is 1. The van der Waals surface area contributed by atoms with Gasteiger partial charge in [0.25, 0.3) is 0 Å². The molecule has 2 aromatic rings. The average Bonchev–Trinajstić information content (AvgIpc) is 2.62. The third-order valence-electron chi connectivity index (χ3n) is 4.59. The molecular weight excluding hydrogens is 451 g/mol. The van der Waals surface area contributed by atoms with E-state index in [9.17, 15) is 28.0 Å². The van der Waals surface area contributed by atoms with E-state index in [4.69, 9.17) is 0 Å². The lowest BCUT2D eigenvalue weighted by Gasteiger charge is -2.24. The smallest absolute Gasteiger partial charge is 0.322 e. The number of nitriles is 1. The van der Waals surface area contributed by atoms with Gasteiger partial charge in [-0.2, -0.15) is 9.98 Å². The number of aliphatic carboxylic acids is 1. The Morgan fingerprint density at radius 3 is 2.50 bits per heavy atom. The minimum absolute atomic E-state index is 0.131. The first kappa shape index (κ1) is 22.0. The predicted molar refractivity (Wildman–Crippen MR) is 105 cm³/mol. The maximum Gasteiger partial charge on any atom is 0.322 e. The van der Waals surface area contributed by atoms with Gasteiger partial charge in [-0.25, -0.2) is 12.8 Å². The highest BCUT2D eigenvalue weighted by molar-refractivity contribution is 9.10. The van der Waals surface area contributed by atoms with E-state index in [0.717, 1.165) is 5.56 Å². The number of sulfonamides is 1. The molecule has 0 aromatic heterocycles. The van der Waals surface area contributed by atoms with Gasteiger partial charge in [0, 0.05) is 10.4 Å². The molecule has 2 atom stereocenters. The molecule has 0 amide bonds. The highest BCUT2D eigenvalue weighted by atomic mass is 79.9. The van der Waals surface area contributed by atoms with Gasteiger partial charge in [-0.05, 0) is 54.8 Å². The van der Waals surface area contributed by atoms with Crippen LogP contribution in [0.4, 0.5) is 4.39 Å².